The number of hydrogen-bond acceptors (Lipinski definition) is 4. The first-order valence-corrected chi connectivity index (χ1v) is 8.39. The molecule has 0 atom stereocenters. The van der Waals surface area contributed by atoms with Gasteiger partial charge >= 0.3 is 0 Å². The molecule has 0 spiro atoms. The van der Waals surface area contributed by atoms with Gasteiger partial charge in [0, 0.05) is 19.1 Å². The highest BCUT2D eigenvalue weighted by atomic mass is 32.2. The Morgan fingerprint density at radius 3 is 2.58 bits per heavy atom. The van der Waals surface area contributed by atoms with Crippen LogP contribution in [0.4, 0.5) is 0 Å². The maximum Gasteiger partial charge on any atom is 0.257 e. The fourth-order valence-corrected chi connectivity index (χ4v) is 3.35. The molecule has 0 unspecified atom stereocenters. The van der Waals surface area contributed by atoms with Gasteiger partial charge in [-0.25, -0.2) is 13.1 Å². The molecular weight excluding hydrogens is 264 g/mol. The largest absolute Gasteiger partial charge is 0.313 e. The lowest BCUT2D eigenvalue weighted by molar-refractivity contribution is 0.461. The molecule has 1 saturated carbocycles. The number of rotatable bonds is 6. The van der Waals surface area contributed by atoms with Crippen molar-refractivity contribution in [3.8, 4) is 0 Å². The average molecular weight is 286 g/mol. The molecule has 0 aromatic carbocycles. The van der Waals surface area contributed by atoms with Crippen LogP contribution in [0.2, 0.25) is 0 Å². The lowest BCUT2D eigenvalue weighted by atomic mass is 10.1. The minimum absolute atomic E-state index is 0.113. The van der Waals surface area contributed by atoms with Crippen molar-refractivity contribution in [3.63, 3.8) is 0 Å². The van der Waals surface area contributed by atoms with Gasteiger partial charge in [0.25, 0.3) is 10.0 Å². The summed E-state index contributed by atoms with van der Waals surface area (Å²) in [4.78, 5) is 0. The van der Waals surface area contributed by atoms with Gasteiger partial charge in [-0.05, 0) is 18.9 Å². The van der Waals surface area contributed by atoms with Crippen molar-refractivity contribution in [1.29, 1.82) is 0 Å². The summed E-state index contributed by atoms with van der Waals surface area (Å²) >= 11 is 0. The normalized spacial score (nSPS) is 18.3. The number of aromatic amines is 1. The monoisotopic (exact) mass is 286 g/mol. The molecule has 0 radical (unpaired) electrons. The minimum atomic E-state index is -3.44. The van der Waals surface area contributed by atoms with Gasteiger partial charge in [0.15, 0.2) is 5.03 Å². The summed E-state index contributed by atoms with van der Waals surface area (Å²) in [5.41, 5.74) is 0. The van der Waals surface area contributed by atoms with Crippen molar-refractivity contribution < 1.29 is 8.42 Å². The molecule has 1 aromatic rings. The molecule has 108 valence electrons. The molecule has 3 N–H and O–H groups in total. The Morgan fingerprint density at radius 1 is 1.21 bits per heavy atom. The van der Waals surface area contributed by atoms with E-state index in [1.807, 2.05) is 0 Å². The predicted octanol–water partition coefficient (Wildman–Crippen LogP) is 1.00. The van der Waals surface area contributed by atoms with E-state index in [4.69, 9.17) is 0 Å². The molecule has 7 heteroatoms. The fraction of sp³-hybridized carbons (Fsp3) is 0.750. The van der Waals surface area contributed by atoms with E-state index in [9.17, 15) is 8.42 Å². The van der Waals surface area contributed by atoms with Gasteiger partial charge in [-0.2, -0.15) is 5.10 Å². The zero-order valence-corrected chi connectivity index (χ0v) is 11.9. The average Bonchev–Trinajstić information content (AvgIpc) is 2.81. The molecule has 1 heterocycles. The van der Waals surface area contributed by atoms with E-state index < -0.39 is 10.0 Å². The van der Waals surface area contributed by atoms with Gasteiger partial charge in [-0.1, -0.05) is 25.7 Å². The summed E-state index contributed by atoms with van der Waals surface area (Å²) < 4.78 is 26.1. The van der Waals surface area contributed by atoms with E-state index in [0.29, 0.717) is 19.1 Å². The molecule has 0 aliphatic heterocycles. The second kappa shape index (κ2) is 7.02. The molecule has 0 amide bonds. The summed E-state index contributed by atoms with van der Waals surface area (Å²) in [6.45, 7) is 1.07. The van der Waals surface area contributed by atoms with E-state index in [0.717, 1.165) is 0 Å². The van der Waals surface area contributed by atoms with Gasteiger partial charge in [0.05, 0.1) is 6.20 Å². The molecular formula is C12H22N4O2S. The van der Waals surface area contributed by atoms with Crippen LogP contribution < -0.4 is 10.0 Å². The highest BCUT2D eigenvalue weighted by Crippen LogP contribution is 2.16. The summed E-state index contributed by atoms with van der Waals surface area (Å²) in [5, 5.41) is 9.64. The molecule has 19 heavy (non-hydrogen) atoms. The number of nitrogens with one attached hydrogen (secondary N) is 3. The van der Waals surface area contributed by atoms with Crippen molar-refractivity contribution in [2.45, 2.75) is 49.6 Å². The predicted molar refractivity (Wildman–Crippen MR) is 73.3 cm³/mol. The van der Waals surface area contributed by atoms with E-state index in [1.54, 1.807) is 0 Å². The summed E-state index contributed by atoms with van der Waals surface area (Å²) in [7, 11) is -3.44. The molecule has 1 fully saturated rings. The molecule has 6 nitrogen and oxygen atoms in total. The van der Waals surface area contributed by atoms with Crippen molar-refractivity contribution in [2.24, 2.45) is 0 Å². The molecule has 0 bridgehead atoms. The maximum absolute atomic E-state index is 11.8. The summed E-state index contributed by atoms with van der Waals surface area (Å²) in [6.07, 6.45) is 9.03. The van der Waals surface area contributed by atoms with Crippen LogP contribution in [0.15, 0.2) is 17.3 Å². The third-order valence-electron chi connectivity index (χ3n) is 3.47. The highest BCUT2D eigenvalue weighted by Gasteiger charge is 2.15. The van der Waals surface area contributed by atoms with Crippen LogP contribution >= 0.6 is 0 Å². The number of hydrogen-bond donors (Lipinski definition) is 3. The summed E-state index contributed by atoms with van der Waals surface area (Å²) in [5.74, 6) is 0. The van der Waals surface area contributed by atoms with Crippen LogP contribution in [-0.4, -0.2) is 37.7 Å². The standard InChI is InChI=1S/C12H22N4O2S/c17-19(18,12-7-8-14-16-12)15-10-9-13-11-5-3-1-2-4-6-11/h7-8,11,13,15H,1-6,9-10H2,(H,14,16). The van der Waals surface area contributed by atoms with Gasteiger partial charge < -0.3 is 5.32 Å². The molecule has 1 aromatic heterocycles. The van der Waals surface area contributed by atoms with Crippen molar-refractivity contribution in [1.82, 2.24) is 20.2 Å². The van der Waals surface area contributed by atoms with E-state index in [1.165, 1.54) is 50.8 Å². The van der Waals surface area contributed by atoms with Gasteiger partial charge in [0.2, 0.25) is 0 Å². The van der Waals surface area contributed by atoms with Crippen LogP contribution in [0.1, 0.15) is 38.5 Å². The maximum atomic E-state index is 11.8. The Kier molecular flexibility index (Phi) is 5.35. The first-order valence-electron chi connectivity index (χ1n) is 6.91. The zero-order chi connectivity index (χ0) is 13.6. The smallest absolute Gasteiger partial charge is 0.257 e. The first-order chi connectivity index (χ1) is 9.18. The van der Waals surface area contributed by atoms with Crippen LogP contribution in [0.3, 0.4) is 0 Å². The number of H-pyrrole nitrogens is 1. The highest BCUT2D eigenvalue weighted by molar-refractivity contribution is 7.89. The topological polar surface area (TPSA) is 86.9 Å². The third kappa shape index (κ3) is 4.59. The Balaban J connectivity index is 1.69. The number of aromatic nitrogens is 2. The van der Waals surface area contributed by atoms with Gasteiger partial charge in [-0.15, -0.1) is 0 Å². The SMILES string of the molecule is O=S(=O)(NCCNC1CCCCCC1)c1ccn[nH]1. The molecule has 1 aliphatic carbocycles. The zero-order valence-electron chi connectivity index (χ0n) is 11.1. The van der Waals surface area contributed by atoms with Crippen LogP contribution in [0.25, 0.3) is 0 Å². The van der Waals surface area contributed by atoms with Crippen molar-refractivity contribution >= 4 is 10.0 Å². The Morgan fingerprint density at radius 2 is 1.95 bits per heavy atom. The fourth-order valence-electron chi connectivity index (χ4n) is 2.42. The Bertz CT molecular complexity index is 450. The third-order valence-corrected chi connectivity index (χ3v) is 4.86. The molecule has 1 aliphatic rings. The summed E-state index contributed by atoms with van der Waals surface area (Å²) in [6, 6.07) is 1.99. The lowest BCUT2D eigenvalue weighted by Gasteiger charge is -2.16. The lowest BCUT2D eigenvalue weighted by Crippen LogP contribution is -2.36. The van der Waals surface area contributed by atoms with Crippen LogP contribution in [-0.2, 0) is 10.0 Å². The first kappa shape index (κ1) is 14.5. The van der Waals surface area contributed by atoms with Crippen LogP contribution in [0, 0.1) is 0 Å². The Labute approximate surface area is 114 Å². The van der Waals surface area contributed by atoms with Crippen molar-refractivity contribution in [2.75, 3.05) is 13.1 Å². The number of sulfonamides is 1. The van der Waals surface area contributed by atoms with Crippen LogP contribution in [0.5, 0.6) is 0 Å². The van der Waals surface area contributed by atoms with Crippen molar-refractivity contribution in [3.05, 3.63) is 12.3 Å². The van der Waals surface area contributed by atoms with Gasteiger partial charge in [0.1, 0.15) is 0 Å². The van der Waals surface area contributed by atoms with E-state index >= 15 is 0 Å². The number of nitrogens with zero attached hydrogens (tertiary/aromatic N) is 1. The minimum Gasteiger partial charge on any atom is -0.313 e. The quantitative estimate of drug-likeness (QED) is 0.538. The van der Waals surface area contributed by atoms with E-state index in [-0.39, 0.29) is 5.03 Å². The molecule has 2 rings (SSSR count). The second-order valence-corrected chi connectivity index (χ2v) is 6.70. The van der Waals surface area contributed by atoms with E-state index in [2.05, 4.69) is 20.2 Å². The molecule has 0 saturated heterocycles. The van der Waals surface area contributed by atoms with Gasteiger partial charge in [-0.3, -0.25) is 5.10 Å². The Hall–Kier alpha value is -0.920. The second-order valence-electron chi connectivity index (χ2n) is 4.96.